The van der Waals surface area contributed by atoms with Crippen molar-refractivity contribution in [2.75, 3.05) is 20.3 Å². The molecule has 0 radical (unpaired) electrons. The first kappa shape index (κ1) is 15.3. The van der Waals surface area contributed by atoms with E-state index in [0.717, 1.165) is 4.47 Å². The largest absolute Gasteiger partial charge is 0.482 e. The summed E-state index contributed by atoms with van der Waals surface area (Å²) < 4.78 is 11.1. The SMILES string of the molecule is COC[C@@H](C)NC(=O)COc1ccc(Br)cc1Cl. The average molecular weight is 337 g/mol. The van der Waals surface area contributed by atoms with E-state index in [1.54, 1.807) is 25.3 Å². The lowest BCUT2D eigenvalue weighted by molar-refractivity contribution is -0.124. The van der Waals surface area contributed by atoms with Crippen LogP contribution in [0, 0.1) is 0 Å². The standard InChI is InChI=1S/C12H15BrClNO3/c1-8(6-17-2)15-12(16)7-18-11-4-3-9(13)5-10(11)14/h3-5,8H,6-7H2,1-2H3,(H,15,16)/t8-/m1/s1. The van der Waals surface area contributed by atoms with E-state index in [0.29, 0.717) is 17.4 Å². The second kappa shape index (κ2) is 7.61. The first-order valence-electron chi connectivity index (χ1n) is 5.39. The molecule has 0 unspecified atom stereocenters. The molecule has 1 aromatic carbocycles. The predicted molar refractivity (Wildman–Crippen MR) is 74.1 cm³/mol. The number of carbonyl (C=O) groups is 1. The molecule has 0 aliphatic rings. The Morgan fingerprint density at radius 2 is 2.28 bits per heavy atom. The zero-order valence-corrected chi connectivity index (χ0v) is 12.5. The van der Waals surface area contributed by atoms with Crippen LogP contribution in [0.3, 0.4) is 0 Å². The van der Waals surface area contributed by atoms with Crippen LogP contribution in [0.5, 0.6) is 5.75 Å². The van der Waals surface area contributed by atoms with Crippen molar-refractivity contribution in [1.82, 2.24) is 5.32 Å². The summed E-state index contributed by atoms with van der Waals surface area (Å²) in [5, 5.41) is 3.20. The van der Waals surface area contributed by atoms with E-state index < -0.39 is 0 Å². The summed E-state index contributed by atoms with van der Waals surface area (Å²) in [6.07, 6.45) is 0. The normalized spacial score (nSPS) is 12.0. The molecule has 0 heterocycles. The van der Waals surface area contributed by atoms with Gasteiger partial charge in [0.05, 0.1) is 11.6 Å². The van der Waals surface area contributed by atoms with E-state index in [1.807, 2.05) is 6.92 Å². The van der Waals surface area contributed by atoms with E-state index in [9.17, 15) is 4.79 Å². The first-order chi connectivity index (χ1) is 8.52. The lowest BCUT2D eigenvalue weighted by Gasteiger charge is -2.13. The van der Waals surface area contributed by atoms with Gasteiger partial charge in [0.1, 0.15) is 5.75 Å². The highest BCUT2D eigenvalue weighted by molar-refractivity contribution is 9.10. The monoisotopic (exact) mass is 335 g/mol. The molecule has 0 saturated heterocycles. The van der Waals surface area contributed by atoms with E-state index >= 15 is 0 Å². The Morgan fingerprint density at radius 3 is 2.89 bits per heavy atom. The highest BCUT2D eigenvalue weighted by Crippen LogP contribution is 2.27. The van der Waals surface area contributed by atoms with Crippen LogP contribution < -0.4 is 10.1 Å². The summed E-state index contributed by atoms with van der Waals surface area (Å²) in [5.74, 6) is 0.271. The summed E-state index contributed by atoms with van der Waals surface area (Å²) in [7, 11) is 1.58. The lowest BCUT2D eigenvalue weighted by atomic mass is 10.3. The van der Waals surface area contributed by atoms with Crippen LogP contribution in [0.15, 0.2) is 22.7 Å². The molecule has 1 atom stereocenters. The number of benzene rings is 1. The summed E-state index contributed by atoms with van der Waals surface area (Å²) in [4.78, 5) is 11.5. The minimum atomic E-state index is -0.210. The van der Waals surface area contributed by atoms with E-state index in [4.69, 9.17) is 21.1 Å². The van der Waals surface area contributed by atoms with Crippen molar-refractivity contribution in [3.05, 3.63) is 27.7 Å². The number of hydrogen-bond acceptors (Lipinski definition) is 3. The van der Waals surface area contributed by atoms with Crippen molar-refractivity contribution in [2.24, 2.45) is 0 Å². The van der Waals surface area contributed by atoms with Gasteiger partial charge in [0.2, 0.25) is 0 Å². The Balaban J connectivity index is 2.42. The van der Waals surface area contributed by atoms with Crippen LogP contribution in [-0.4, -0.2) is 32.3 Å². The van der Waals surface area contributed by atoms with Gasteiger partial charge in [-0.25, -0.2) is 0 Å². The zero-order chi connectivity index (χ0) is 13.5. The Labute approximate surface area is 120 Å². The summed E-state index contributed by atoms with van der Waals surface area (Å²) in [6.45, 7) is 2.24. The molecule has 0 fully saturated rings. The zero-order valence-electron chi connectivity index (χ0n) is 10.2. The Hall–Kier alpha value is -0.780. The van der Waals surface area contributed by atoms with Crippen molar-refractivity contribution < 1.29 is 14.3 Å². The maximum absolute atomic E-state index is 11.5. The van der Waals surface area contributed by atoms with Crippen LogP contribution in [0.25, 0.3) is 0 Å². The number of amides is 1. The summed E-state index contributed by atoms with van der Waals surface area (Å²) >= 11 is 9.25. The van der Waals surface area contributed by atoms with Crippen molar-refractivity contribution in [3.63, 3.8) is 0 Å². The third-order valence-corrected chi connectivity index (χ3v) is 2.87. The smallest absolute Gasteiger partial charge is 0.258 e. The van der Waals surface area contributed by atoms with Crippen molar-refractivity contribution in [1.29, 1.82) is 0 Å². The summed E-state index contributed by atoms with van der Waals surface area (Å²) in [5.41, 5.74) is 0. The van der Waals surface area contributed by atoms with Gasteiger partial charge in [0, 0.05) is 17.6 Å². The number of methoxy groups -OCH3 is 1. The minimum Gasteiger partial charge on any atom is -0.482 e. The second-order valence-electron chi connectivity index (χ2n) is 3.79. The molecule has 1 N–H and O–H groups in total. The molecular formula is C12H15BrClNO3. The predicted octanol–water partition coefficient (Wildman–Crippen LogP) is 2.63. The molecule has 6 heteroatoms. The van der Waals surface area contributed by atoms with Crippen LogP contribution >= 0.6 is 27.5 Å². The van der Waals surface area contributed by atoms with Gasteiger partial charge in [-0.1, -0.05) is 27.5 Å². The third-order valence-electron chi connectivity index (χ3n) is 2.08. The molecule has 4 nitrogen and oxygen atoms in total. The van der Waals surface area contributed by atoms with Gasteiger partial charge in [-0.05, 0) is 25.1 Å². The molecule has 1 rings (SSSR count). The number of nitrogens with one attached hydrogen (secondary N) is 1. The minimum absolute atomic E-state index is 0.0495. The fourth-order valence-electron chi connectivity index (χ4n) is 1.34. The molecule has 0 bridgehead atoms. The molecule has 1 aromatic rings. The Morgan fingerprint density at radius 1 is 1.56 bits per heavy atom. The second-order valence-corrected chi connectivity index (χ2v) is 5.11. The maximum atomic E-state index is 11.5. The lowest BCUT2D eigenvalue weighted by Crippen LogP contribution is -2.38. The van der Waals surface area contributed by atoms with Gasteiger partial charge in [-0.2, -0.15) is 0 Å². The Bertz CT molecular complexity index is 414. The molecule has 0 aromatic heterocycles. The van der Waals surface area contributed by atoms with Gasteiger partial charge in [0.25, 0.3) is 5.91 Å². The number of carbonyl (C=O) groups excluding carboxylic acids is 1. The fraction of sp³-hybridized carbons (Fsp3) is 0.417. The van der Waals surface area contributed by atoms with Gasteiger partial charge in [-0.15, -0.1) is 0 Å². The number of hydrogen-bond donors (Lipinski definition) is 1. The van der Waals surface area contributed by atoms with Crippen molar-refractivity contribution >= 4 is 33.4 Å². The highest BCUT2D eigenvalue weighted by Gasteiger charge is 2.09. The molecule has 0 aliphatic heterocycles. The Kier molecular flexibility index (Phi) is 6.46. The molecule has 18 heavy (non-hydrogen) atoms. The van der Waals surface area contributed by atoms with Gasteiger partial charge < -0.3 is 14.8 Å². The molecular weight excluding hydrogens is 321 g/mol. The highest BCUT2D eigenvalue weighted by atomic mass is 79.9. The molecule has 0 saturated carbocycles. The molecule has 0 spiro atoms. The number of ether oxygens (including phenoxy) is 2. The quantitative estimate of drug-likeness (QED) is 0.869. The molecule has 1 amide bonds. The van der Waals surface area contributed by atoms with Gasteiger partial charge >= 0.3 is 0 Å². The maximum Gasteiger partial charge on any atom is 0.258 e. The average Bonchev–Trinajstić information content (AvgIpc) is 2.28. The van der Waals surface area contributed by atoms with Crippen molar-refractivity contribution in [3.8, 4) is 5.75 Å². The fourth-order valence-corrected chi connectivity index (χ4v) is 2.07. The van der Waals surface area contributed by atoms with Crippen LogP contribution in [0.2, 0.25) is 5.02 Å². The number of rotatable bonds is 6. The van der Waals surface area contributed by atoms with Crippen LogP contribution in [0.4, 0.5) is 0 Å². The first-order valence-corrected chi connectivity index (χ1v) is 6.56. The molecule has 0 aliphatic carbocycles. The van der Waals surface area contributed by atoms with Crippen molar-refractivity contribution in [2.45, 2.75) is 13.0 Å². The van der Waals surface area contributed by atoms with Crippen LogP contribution in [0.1, 0.15) is 6.92 Å². The molecule has 100 valence electrons. The topological polar surface area (TPSA) is 47.6 Å². The third kappa shape index (κ3) is 5.25. The van der Waals surface area contributed by atoms with E-state index in [1.165, 1.54) is 0 Å². The summed E-state index contributed by atoms with van der Waals surface area (Å²) in [6, 6.07) is 5.17. The van der Waals surface area contributed by atoms with Gasteiger partial charge in [0.15, 0.2) is 6.61 Å². The van der Waals surface area contributed by atoms with Gasteiger partial charge in [-0.3, -0.25) is 4.79 Å². The van der Waals surface area contributed by atoms with Crippen LogP contribution in [-0.2, 0) is 9.53 Å². The van der Waals surface area contributed by atoms with E-state index in [2.05, 4.69) is 21.2 Å². The van der Waals surface area contributed by atoms with E-state index in [-0.39, 0.29) is 18.6 Å². The number of halogens is 2.